The van der Waals surface area contributed by atoms with Crippen LogP contribution < -0.4 is 10.6 Å². The molecule has 0 aliphatic heterocycles. The second kappa shape index (κ2) is 7.50. The monoisotopic (exact) mass is 268 g/mol. The molecule has 0 bridgehead atoms. The largest absolute Gasteiger partial charge is 0.356 e. The van der Waals surface area contributed by atoms with E-state index in [1.165, 1.54) is 6.92 Å². The van der Waals surface area contributed by atoms with Gasteiger partial charge in [0.25, 0.3) is 0 Å². The molecule has 0 radical (unpaired) electrons. The highest BCUT2D eigenvalue weighted by Gasteiger charge is 2.10. The summed E-state index contributed by atoms with van der Waals surface area (Å²) < 4.78 is 4.96. The molecule has 106 valence electrons. The quantitative estimate of drug-likeness (QED) is 0.736. The third kappa shape index (κ3) is 5.98. The average molecular weight is 268 g/mol. The van der Waals surface area contributed by atoms with Gasteiger partial charge in [-0.3, -0.25) is 9.59 Å². The number of carbonyl (C=O) groups excluding carboxylic acids is 2. The fourth-order valence-corrected chi connectivity index (χ4v) is 1.60. The maximum atomic E-state index is 11.6. The molecule has 1 aromatic heterocycles. The SMILES string of the molecule is CCc1nc(CCNC(=O)C[C@@H](C)NC(C)=O)no1. The summed E-state index contributed by atoms with van der Waals surface area (Å²) in [4.78, 5) is 26.5. The van der Waals surface area contributed by atoms with Crippen LogP contribution in [-0.2, 0) is 22.4 Å². The van der Waals surface area contributed by atoms with Crippen LogP contribution >= 0.6 is 0 Å². The summed E-state index contributed by atoms with van der Waals surface area (Å²) in [5.74, 6) is 0.937. The number of hydrogen-bond acceptors (Lipinski definition) is 5. The zero-order valence-electron chi connectivity index (χ0n) is 11.5. The predicted octanol–water partition coefficient (Wildman–Crippen LogP) is 0.205. The minimum Gasteiger partial charge on any atom is -0.356 e. The Kier molecular flexibility index (Phi) is 5.98. The highest BCUT2D eigenvalue weighted by atomic mass is 16.5. The third-order valence-corrected chi connectivity index (χ3v) is 2.42. The highest BCUT2D eigenvalue weighted by Crippen LogP contribution is 1.98. The Morgan fingerprint density at radius 2 is 2.16 bits per heavy atom. The van der Waals surface area contributed by atoms with Crippen molar-refractivity contribution in [3.05, 3.63) is 11.7 Å². The standard InChI is InChI=1S/C12H20N4O3/c1-4-12-15-10(16-19-12)5-6-13-11(18)7-8(2)14-9(3)17/h8H,4-7H2,1-3H3,(H,13,18)(H,14,17)/t8-/m1/s1. The van der Waals surface area contributed by atoms with Crippen molar-refractivity contribution < 1.29 is 14.1 Å². The molecule has 7 heteroatoms. The number of carbonyl (C=O) groups is 2. The molecule has 0 unspecified atom stereocenters. The molecule has 7 nitrogen and oxygen atoms in total. The molecule has 0 aliphatic rings. The van der Waals surface area contributed by atoms with E-state index in [2.05, 4.69) is 20.8 Å². The van der Waals surface area contributed by atoms with Gasteiger partial charge in [0.15, 0.2) is 5.82 Å². The molecule has 19 heavy (non-hydrogen) atoms. The zero-order valence-corrected chi connectivity index (χ0v) is 11.5. The Hall–Kier alpha value is -1.92. The van der Waals surface area contributed by atoms with Gasteiger partial charge in [-0.1, -0.05) is 12.1 Å². The van der Waals surface area contributed by atoms with Crippen molar-refractivity contribution in [2.24, 2.45) is 0 Å². The molecular weight excluding hydrogens is 248 g/mol. The number of nitrogens with one attached hydrogen (secondary N) is 2. The van der Waals surface area contributed by atoms with Crippen LogP contribution in [-0.4, -0.2) is 34.5 Å². The topological polar surface area (TPSA) is 97.1 Å². The fraction of sp³-hybridized carbons (Fsp3) is 0.667. The molecular formula is C12H20N4O3. The van der Waals surface area contributed by atoms with Gasteiger partial charge >= 0.3 is 0 Å². The first-order valence-corrected chi connectivity index (χ1v) is 6.36. The fourth-order valence-electron chi connectivity index (χ4n) is 1.60. The Morgan fingerprint density at radius 1 is 1.42 bits per heavy atom. The van der Waals surface area contributed by atoms with Crippen LogP contribution in [0.2, 0.25) is 0 Å². The van der Waals surface area contributed by atoms with Gasteiger partial charge < -0.3 is 15.2 Å². The molecule has 1 atom stereocenters. The van der Waals surface area contributed by atoms with E-state index in [0.717, 1.165) is 0 Å². The van der Waals surface area contributed by atoms with Crippen LogP contribution in [0.3, 0.4) is 0 Å². The first kappa shape index (κ1) is 15.1. The van der Waals surface area contributed by atoms with Gasteiger partial charge in [-0.15, -0.1) is 0 Å². The maximum Gasteiger partial charge on any atom is 0.226 e. The van der Waals surface area contributed by atoms with Crippen LogP contribution in [0.5, 0.6) is 0 Å². The number of amides is 2. The first-order valence-electron chi connectivity index (χ1n) is 6.36. The minimum atomic E-state index is -0.172. The van der Waals surface area contributed by atoms with Crippen LogP contribution in [0.1, 0.15) is 38.9 Å². The summed E-state index contributed by atoms with van der Waals surface area (Å²) in [7, 11) is 0. The summed E-state index contributed by atoms with van der Waals surface area (Å²) in [5.41, 5.74) is 0. The van der Waals surface area contributed by atoms with Crippen LogP contribution in [0.25, 0.3) is 0 Å². The predicted molar refractivity (Wildman–Crippen MR) is 68.3 cm³/mol. The summed E-state index contributed by atoms with van der Waals surface area (Å²) in [6, 6.07) is -0.172. The number of nitrogens with zero attached hydrogens (tertiary/aromatic N) is 2. The maximum absolute atomic E-state index is 11.6. The Labute approximate surface area is 112 Å². The second-order valence-corrected chi connectivity index (χ2v) is 4.36. The number of aromatic nitrogens is 2. The molecule has 1 aromatic rings. The van der Waals surface area contributed by atoms with Crippen LogP contribution in [0.15, 0.2) is 4.52 Å². The van der Waals surface area contributed by atoms with Crippen LogP contribution in [0.4, 0.5) is 0 Å². The van der Waals surface area contributed by atoms with Gasteiger partial charge in [-0.05, 0) is 6.92 Å². The molecule has 0 spiro atoms. The normalized spacial score (nSPS) is 11.9. The molecule has 1 heterocycles. The van der Waals surface area contributed by atoms with Gasteiger partial charge in [0, 0.05) is 38.8 Å². The smallest absolute Gasteiger partial charge is 0.226 e. The highest BCUT2D eigenvalue weighted by molar-refractivity contribution is 5.78. The summed E-state index contributed by atoms with van der Waals surface area (Å²) in [5, 5.41) is 9.19. The van der Waals surface area contributed by atoms with Gasteiger partial charge in [0.1, 0.15) is 0 Å². The van der Waals surface area contributed by atoms with Crippen molar-refractivity contribution in [3.63, 3.8) is 0 Å². The molecule has 2 amide bonds. The van der Waals surface area contributed by atoms with E-state index in [0.29, 0.717) is 31.1 Å². The van der Waals surface area contributed by atoms with Crippen molar-refractivity contribution >= 4 is 11.8 Å². The van der Waals surface area contributed by atoms with Gasteiger partial charge in [-0.2, -0.15) is 4.98 Å². The Balaban J connectivity index is 2.21. The molecule has 0 aliphatic carbocycles. The van der Waals surface area contributed by atoms with Crippen molar-refractivity contribution in [1.82, 2.24) is 20.8 Å². The van der Waals surface area contributed by atoms with Crippen molar-refractivity contribution in [2.75, 3.05) is 6.54 Å². The number of aryl methyl sites for hydroxylation is 1. The van der Waals surface area contributed by atoms with E-state index in [1.54, 1.807) is 6.92 Å². The minimum absolute atomic E-state index is 0.111. The lowest BCUT2D eigenvalue weighted by Crippen LogP contribution is -2.36. The van der Waals surface area contributed by atoms with Crippen molar-refractivity contribution in [1.29, 1.82) is 0 Å². The molecule has 1 rings (SSSR count). The summed E-state index contributed by atoms with van der Waals surface area (Å²) in [6.07, 6.45) is 1.49. The lowest BCUT2D eigenvalue weighted by molar-refractivity contribution is -0.122. The molecule has 0 fully saturated rings. The Morgan fingerprint density at radius 3 is 2.74 bits per heavy atom. The van der Waals surface area contributed by atoms with Gasteiger partial charge in [0.05, 0.1) is 0 Å². The van der Waals surface area contributed by atoms with E-state index in [9.17, 15) is 9.59 Å². The molecule has 0 aromatic carbocycles. The number of rotatable bonds is 7. The molecule has 0 saturated heterocycles. The summed E-state index contributed by atoms with van der Waals surface area (Å²) >= 11 is 0. The lowest BCUT2D eigenvalue weighted by atomic mass is 10.2. The van der Waals surface area contributed by atoms with E-state index in [4.69, 9.17) is 4.52 Å². The third-order valence-electron chi connectivity index (χ3n) is 2.42. The summed E-state index contributed by atoms with van der Waals surface area (Å²) in [6.45, 7) is 5.60. The first-order chi connectivity index (χ1) is 9.01. The zero-order chi connectivity index (χ0) is 14.3. The lowest BCUT2D eigenvalue weighted by Gasteiger charge is -2.11. The van der Waals surface area contributed by atoms with E-state index in [1.807, 2.05) is 6.92 Å². The van der Waals surface area contributed by atoms with Gasteiger partial charge in [-0.25, -0.2) is 0 Å². The van der Waals surface area contributed by atoms with Crippen LogP contribution in [0, 0.1) is 0 Å². The second-order valence-electron chi connectivity index (χ2n) is 4.36. The Bertz CT molecular complexity index is 430. The van der Waals surface area contributed by atoms with Crippen molar-refractivity contribution in [3.8, 4) is 0 Å². The molecule has 0 saturated carbocycles. The van der Waals surface area contributed by atoms with E-state index in [-0.39, 0.29) is 24.3 Å². The van der Waals surface area contributed by atoms with E-state index >= 15 is 0 Å². The number of hydrogen-bond donors (Lipinski definition) is 2. The van der Waals surface area contributed by atoms with Gasteiger partial charge in [0.2, 0.25) is 17.7 Å². The van der Waals surface area contributed by atoms with Crippen molar-refractivity contribution in [2.45, 2.75) is 46.1 Å². The molecule has 2 N–H and O–H groups in total. The van der Waals surface area contributed by atoms with E-state index < -0.39 is 0 Å². The average Bonchev–Trinajstić information content (AvgIpc) is 2.75.